The lowest BCUT2D eigenvalue weighted by Crippen LogP contribution is -2.24. The first-order valence-electron chi connectivity index (χ1n) is 9.33. The molecule has 2 aromatic carbocycles. The van der Waals surface area contributed by atoms with Crippen LogP contribution in [0.2, 0.25) is 0 Å². The predicted molar refractivity (Wildman–Crippen MR) is 129 cm³/mol. The van der Waals surface area contributed by atoms with E-state index in [1.54, 1.807) is 13.4 Å². The standard InChI is InChI=1S/C22H20BrIN4O2/c1-30-18-8-6-16(7-9-18)12-27(11-15-2-4-17(13-29)5-3-15)22-21-19(24)10-20(23)28(21)26-14-25-22/h2-10,14,29H,11-13H2,1H3. The molecule has 0 bridgehead atoms. The normalized spacial score (nSPS) is 11.1. The van der Waals surface area contributed by atoms with Crippen molar-refractivity contribution >= 4 is 49.9 Å². The van der Waals surface area contributed by atoms with Gasteiger partial charge in [0, 0.05) is 16.7 Å². The van der Waals surface area contributed by atoms with Crippen LogP contribution in [-0.4, -0.2) is 26.8 Å². The highest BCUT2D eigenvalue weighted by molar-refractivity contribution is 14.1. The van der Waals surface area contributed by atoms with Crippen molar-refractivity contribution in [3.05, 3.63) is 85.8 Å². The van der Waals surface area contributed by atoms with Gasteiger partial charge in [0.25, 0.3) is 0 Å². The quantitative estimate of drug-likeness (QED) is 0.319. The van der Waals surface area contributed by atoms with Crippen molar-refractivity contribution in [1.82, 2.24) is 14.6 Å². The Morgan fingerprint density at radius 2 is 1.63 bits per heavy atom. The van der Waals surface area contributed by atoms with Crippen molar-refractivity contribution in [3.8, 4) is 5.75 Å². The van der Waals surface area contributed by atoms with Gasteiger partial charge in [-0.15, -0.1) is 0 Å². The molecule has 154 valence electrons. The van der Waals surface area contributed by atoms with Crippen LogP contribution in [0.1, 0.15) is 16.7 Å². The van der Waals surface area contributed by atoms with Crippen LogP contribution in [0.15, 0.2) is 65.5 Å². The molecule has 0 atom stereocenters. The van der Waals surface area contributed by atoms with E-state index in [1.807, 2.05) is 47.0 Å². The Morgan fingerprint density at radius 3 is 2.23 bits per heavy atom. The fourth-order valence-corrected chi connectivity index (χ4v) is 5.00. The van der Waals surface area contributed by atoms with Gasteiger partial charge in [-0.1, -0.05) is 36.4 Å². The van der Waals surface area contributed by atoms with E-state index in [9.17, 15) is 5.11 Å². The van der Waals surface area contributed by atoms with Crippen molar-refractivity contribution in [3.63, 3.8) is 0 Å². The van der Waals surface area contributed by atoms with Crippen molar-refractivity contribution in [2.75, 3.05) is 12.0 Å². The van der Waals surface area contributed by atoms with E-state index in [4.69, 9.17) is 4.74 Å². The highest BCUT2D eigenvalue weighted by atomic mass is 127. The predicted octanol–water partition coefficient (Wildman–Crippen LogP) is 4.80. The Hall–Kier alpha value is -2.17. The minimum atomic E-state index is 0.0404. The van der Waals surface area contributed by atoms with Crippen LogP contribution in [-0.2, 0) is 19.7 Å². The summed E-state index contributed by atoms with van der Waals surface area (Å²) < 4.78 is 9.11. The average molecular weight is 579 g/mol. The Morgan fingerprint density at radius 1 is 1.03 bits per heavy atom. The molecule has 0 saturated carbocycles. The Labute approximate surface area is 196 Å². The first kappa shape index (κ1) is 21.1. The van der Waals surface area contributed by atoms with E-state index >= 15 is 0 Å². The number of benzene rings is 2. The second kappa shape index (κ2) is 9.32. The molecule has 6 nitrogen and oxygen atoms in total. The van der Waals surface area contributed by atoms with Crippen LogP contribution in [0.4, 0.5) is 5.82 Å². The molecule has 0 amide bonds. The van der Waals surface area contributed by atoms with Crippen LogP contribution in [0.25, 0.3) is 5.52 Å². The fraction of sp³-hybridized carbons (Fsp3) is 0.182. The summed E-state index contributed by atoms with van der Waals surface area (Å²) in [5, 5.41) is 13.7. The molecule has 0 spiro atoms. The summed E-state index contributed by atoms with van der Waals surface area (Å²) in [4.78, 5) is 6.88. The van der Waals surface area contributed by atoms with E-state index in [0.29, 0.717) is 13.1 Å². The minimum absolute atomic E-state index is 0.0404. The maximum absolute atomic E-state index is 9.33. The van der Waals surface area contributed by atoms with Gasteiger partial charge in [-0.2, -0.15) is 5.10 Å². The molecule has 2 heterocycles. The van der Waals surface area contributed by atoms with E-state index in [1.165, 1.54) is 0 Å². The van der Waals surface area contributed by atoms with E-state index in [-0.39, 0.29) is 6.61 Å². The van der Waals surface area contributed by atoms with Gasteiger partial charge in [-0.3, -0.25) is 0 Å². The largest absolute Gasteiger partial charge is 0.497 e. The number of aliphatic hydroxyl groups excluding tert-OH is 1. The maximum Gasteiger partial charge on any atom is 0.158 e. The second-order valence-corrected chi connectivity index (χ2v) is 8.81. The number of ether oxygens (including phenoxy) is 1. The summed E-state index contributed by atoms with van der Waals surface area (Å²) in [5.74, 6) is 1.70. The number of hydrogen-bond acceptors (Lipinski definition) is 5. The number of methoxy groups -OCH3 is 1. The smallest absolute Gasteiger partial charge is 0.158 e. The Balaban J connectivity index is 1.74. The van der Waals surface area contributed by atoms with Crippen molar-refractivity contribution in [2.24, 2.45) is 0 Å². The molecule has 0 fully saturated rings. The molecule has 4 rings (SSSR count). The summed E-state index contributed by atoms with van der Waals surface area (Å²) in [6.45, 7) is 1.39. The third-order valence-electron chi connectivity index (χ3n) is 4.86. The minimum Gasteiger partial charge on any atom is -0.497 e. The van der Waals surface area contributed by atoms with Crippen molar-refractivity contribution < 1.29 is 9.84 Å². The van der Waals surface area contributed by atoms with Crippen molar-refractivity contribution in [1.29, 1.82) is 0 Å². The molecule has 30 heavy (non-hydrogen) atoms. The number of halogens is 2. The average Bonchev–Trinajstić information content (AvgIpc) is 3.08. The van der Waals surface area contributed by atoms with Gasteiger partial charge in [0.05, 0.1) is 13.7 Å². The molecule has 1 N–H and O–H groups in total. The SMILES string of the molecule is COc1ccc(CN(Cc2ccc(CO)cc2)c2ncnn3c(Br)cc(I)c23)cc1. The molecule has 0 radical (unpaired) electrons. The molecular formula is C22H20BrIN4O2. The highest BCUT2D eigenvalue weighted by Gasteiger charge is 2.18. The van der Waals surface area contributed by atoms with E-state index in [2.05, 4.69) is 65.6 Å². The molecule has 0 unspecified atom stereocenters. The topological polar surface area (TPSA) is 62.9 Å². The summed E-state index contributed by atoms with van der Waals surface area (Å²) in [5.41, 5.74) is 4.15. The van der Waals surface area contributed by atoms with Crippen LogP contribution < -0.4 is 9.64 Å². The molecule has 0 saturated heterocycles. The number of fused-ring (bicyclic) bond motifs is 1. The van der Waals surface area contributed by atoms with Gasteiger partial charge >= 0.3 is 0 Å². The summed E-state index contributed by atoms with van der Waals surface area (Å²) in [6.07, 6.45) is 1.58. The van der Waals surface area contributed by atoms with E-state index < -0.39 is 0 Å². The summed E-state index contributed by atoms with van der Waals surface area (Å²) in [7, 11) is 1.67. The van der Waals surface area contributed by atoms with Gasteiger partial charge in [-0.05, 0) is 73.4 Å². The zero-order valence-electron chi connectivity index (χ0n) is 16.3. The van der Waals surface area contributed by atoms with Gasteiger partial charge < -0.3 is 14.7 Å². The van der Waals surface area contributed by atoms with E-state index in [0.717, 1.165) is 41.9 Å². The third kappa shape index (κ3) is 4.45. The number of aromatic nitrogens is 3. The number of hydrogen-bond donors (Lipinski definition) is 1. The summed E-state index contributed by atoms with van der Waals surface area (Å²) >= 11 is 5.89. The number of anilines is 1. The third-order valence-corrected chi connectivity index (χ3v) is 6.24. The lowest BCUT2D eigenvalue weighted by Gasteiger charge is -2.25. The Bertz CT molecular complexity index is 1100. The van der Waals surface area contributed by atoms with Gasteiger partial charge in [-0.25, -0.2) is 9.50 Å². The maximum atomic E-state index is 9.33. The zero-order valence-corrected chi connectivity index (χ0v) is 20.0. The lowest BCUT2D eigenvalue weighted by atomic mass is 10.1. The molecular weight excluding hydrogens is 559 g/mol. The number of aliphatic hydroxyl groups is 1. The van der Waals surface area contributed by atoms with Gasteiger partial charge in [0.1, 0.15) is 22.2 Å². The summed E-state index contributed by atoms with van der Waals surface area (Å²) in [6, 6.07) is 18.1. The lowest BCUT2D eigenvalue weighted by molar-refractivity contribution is 0.282. The van der Waals surface area contributed by atoms with Crippen molar-refractivity contribution in [2.45, 2.75) is 19.7 Å². The first-order chi connectivity index (χ1) is 14.6. The van der Waals surface area contributed by atoms with Crippen LogP contribution in [0.3, 0.4) is 0 Å². The zero-order chi connectivity index (χ0) is 21.1. The number of nitrogens with zero attached hydrogens (tertiary/aromatic N) is 4. The molecule has 0 aliphatic rings. The monoisotopic (exact) mass is 578 g/mol. The molecule has 2 aromatic heterocycles. The van der Waals surface area contributed by atoms with Gasteiger partial charge in [0.2, 0.25) is 0 Å². The fourth-order valence-electron chi connectivity index (χ4n) is 3.31. The highest BCUT2D eigenvalue weighted by Crippen LogP contribution is 2.30. The molecule has 0 aliphatic heterocycles. The number of rotatable bonds is 7. The van der Waals surface area contributed by atoms with Crippen LogP contribution >= 0.6 is 38.5 Å². The van der Waals surface area contributed by atoms with Crippen LogP contribution in [0, 0.1) is 3.57 Å². The molecule has 4 aromatic rings. The first-order valence-corrected chi connectivity index (χ1v) is 11.2. The van der Waals surface area contributed by atoms with Gasteiger partial charge in [0.15, 0.2) is 5.82 Å². The Kier molecular flexibility index (Phi) is 6.55. The van der Waals surface area contributed by atoms with Crippen LogP contribution in [0.5, 0.6) is 5.75 Å². The molecule has 0 aliphatic carbocycles. The molecule has 8 heteroatoms. The second-order valence-electron chi connectivity index (χ2n) is 6.84.